The highest BCUT2D eigenvalue weighted by Crippen LogP contribution is 2.49. The van der Waals surface area contributed by atoms with Gasteiger partial charge in [0.15, 0.2) is 17.8 Å². The summed E-state index contributed by atoms with van der Waals surface area (Å²) in [6.45, 7) is 5.83. The second-order valence-electron chi connectivity index (χ2n) is 6.71. The number of ketones is 1. The van der Waals surface area contributed by atoms with Gasteiger partial charge in [-0.1, -0.05) is 20.8 Å². The maximum Gasteiger partial charge on any atom is 0.416 e. The van der Waals surface area contributed by atoms with Crippen LogP contribution in [0.4, 0.5) is 18.9 Å². The van der Waals surface area contributed by atoms with Crippen LogP contribution in [0.15, 0.2) is 41.2 Å². The number of carbonyl (C=O) groups excluding carboxylic acids is 1. The minimum Gasteiger partial charge on any atom is -0.294 e. The predicted molar refractivity (Wildman–Crippen MR) is 81.0 cm³/mol. The highest BCUT2D eigenvalue weighted by atomic mass is 19.4. The predicted octanol–water partition coefficient (Wildman–Crippen LogP) is 3.70. The van der Waals surface area contributed by atoms with Gasteiger partial charge in [-0.05, 0) is 12.1 Å². The van der Waals surface area contributed by atoms with Gasteiger partial charge in [-0.15, -0.1) is 9.60 Å². The monoisotopic (exact) mass is 324 g/mol. The first kappa shape index (κ1) is 15.7. The van der Waals surface area contributed by atoms with Gasteiger partial charge in [0.25, 0.3) is 5.82 Å². The Balaban J connectivity index is 1.93. The van der Waals surface area contributed by atoms with Gasteiger partial charge in [0.1, 0.15) is 0 Å². The van der Waals surface area contributed by atoms with E-state index in [1.807, 2.05) is 20.8 Å². The number of allylic oxidation sites excluding steroid dienone is 1. The van der Waals surface area contributed by atoms with E-state index in [0.717, 1.165) is 18.0 Å². The van der Waals surface area contributed by atoms with Crippen LogP contribution in [0.1, 0.15) is 26.3 Å². The van der Waals surface area contributed by atoms with Crippen LogP contribution in [-0.4, -0.2) is 23.8 Å². The molecule has 0 amide bonds. The minimum absolute atomic E-state index is 0.0280. The van der Waals surface area contributed by atoms with E-state index >= 15 is 0 Å². The van der Waals surface area contributed by atoms with E-state index in [0.29, 0.717) is 12.4 Å². The molecular formula is C16H17F3N3O+. The van der Waals surface area contributed by atoms with Gasteiger partial charge in [0, 0.05) is 17.5 Å². The third-order valence-corrected chi connectivity index (χ3v) is 4.04. The molecule has 1 aromatic carbocycles. The topological polar surface area (TPSA) is 32.4 Å². The number of hydrogen-bond donors (Lipinski definition) is 0. The Labute approximate surface area is 132 Å². The van der Waals surface area contributed by atoms with E-state index in [2.05, 4.69) is 4.99 Å². The molecule has 122 valence electrons. The van der Waals surface area contributed by atoms with Crippen LogP contribution < -0.4 is 4.59 Å². The zero-order chi connectivity index (χ0) is 17.0. The van der Waals surface area contributed by atoms with Gasteiger partial charge >= 0.3 is 6.18 Å². The number of halogens is 3. The molecule has 0 bridgehead atoms. The van der Waals surface area contributed by atoms with Crippen molar-refractivity contribution in [3.8, 4) is 0 Å². The third-order valence-electron chi connectivity index (χ3n) is 4.04. The second-order valence-corrected chi connectivity index (χ2v) is 6.71. The van der Waals surface area contributed by atoms with Gasteiger partial charge in [0.2, 0.25) is 6.67 Å². The largest absolute Gasteiger partial charge is 0.416 e. The lowest BCUT2D eigenvalue weighted by Crippen LogP contribution is -2.27. The molecule has 4 nitrogen and oxygen atoms in total. The highest BCUT2D eigenvalue weighted by molar-refractivity contribution is 5.96. The normalized spacial score (nSPS) is 25.0. The van der Waals surface area contributed by atoms with Crippen molar-refractivity contribution in [2.45, 2.75) is 26.9 Å². The molecule has 23 heavy (non-hydrogen) atoms. The molecule has 7 heteroatoms. The summed E-state index contributed by atoms with van der Waals surface area (Å²) in [4.78, 5) is 16.4. The lowest BCUT2D eigenvalue weighted by molar-refractivity contribution is -0.137. The van der Waals surface area contributed by atoms with Crippen LogP contribution in [0.2, 0.25) is 0 Å². The fourth-order valence-corrected chi connectivity index (χ4v) is 2.54. The number of hydrogen-bond acceptors (Lipinski definition) is 3. The van der Waals surface area contributed by atoms with Gasteiger partial charge in [-0.2, -0.15) is 13.2 Å². The van der Waals surface area contributed by atoms with Gasteiger partial charge < -0.3 is 0 Å². The summed E-state index contributed by atoms with van der Waals surface area (Å²) < 4.78 is 38.2. The number of aliphatic imine (C=N–C) groups is 1. The number of quaternary nitrogens is 1. The summed E-state index contributed by atoms with van der Waals surface area (Å²) in [7, 11) is 0. The average Bonchev–Trinajstić information content (AvgIpc) is 2.84. The fraction of sp³-hybridized carbons (Fsp3) is 0.375. The summed E-state index contributed by atoms with van der Waals surface area (Å²) in [5.41, 5.74) is -0.541. The van der Waals surface area contributed by atoms with Crippen molar-refractivity contribution in [2.24, 2.45) is 10.4 Å². The quantitative estimate of drug-likeness (QED) is 0.472. The summed E-state index contributed by atoms with van der Waals surface area (Å²) in [5, 5.41) is 1.78. The molecule has 0 radical (unpaired) electrons. The lowest BCUT2D eigenvalue weighted by atomic mass is 9.91. The Hall–Kier alpha value is -2.15. The molecule has 1 fully saturated rings. The summed E-state index contributed by atoms with van der Waals surface area (Å²) >= 11 is 0. The van der Waals surface area contributed by atoms with Crippen molar-refractivity contribution in [1.29, 1.82) is 0 Å². The highest BCUT2D eigenvalue weighted by Gasteiger charge is 2.65. The molecule has 2 aliphatic heterocycles. The molecule has 1 unspecified atom stereocenters. The molecule has 1 saturated heterocycles. The molecule has 0 spiro atoms. The smallest absolute Gasteiger partial charge is 0.294 e. The first-order chi connectivity index (χ1) is 10.6. The Bertz CT molecular complexity index is 714. The van der Waals surface area contributed by atoms with Crippen LogP contribution in [-0.2, 0) is 11.0 Å². The third kappa shape index (κ3) is 2.45. The van der Waals surface area contributed by atoms with Gasteiger partial charge in [0.05, 0.1) is 11.6 Å². The van der Waals surface area contributed by atoms with E-state index < -0.39 is 17.2 Å². The Kier molecular flexibility index (Phi) is 3.20. The summed E-state index contributed by atoms with van der Waals surface area (Å²) in [6, 6.07) is 4.99. The number of alkyl halides is 3. The number of rotatable bonds is 2. The maximum absolute atomic E-state index is 12.7. The first-order valence-electron chi connectivity index (χ1n) is 7.19. The number of fused-ring (bicyclic) bond motifs is 1. The average molecular weight is 324 g/mol. The van der Waals surface area contributed by atoms with Crippen molar-refractivity contribution in [3.63, 3.8) is 0 Å². The van der Waals surface area contributed by atoms with Crippen molar-refractivity contribution < 1.29 is 18.0 Å². The maximum atomic E-state index is 12.7. The van der Waals surface area contributed by atoms with Crippen LogP contribution in [0.3, 0.4) is 0 Å². The Morgan fingerprint density at radius 2 is 1.83 bits per heavy atom. The van der Waals surface area contributed by atoms with Crippen LogP contribution in [0, 0.1) is 5.41 Å². The van der Waals surface area contributed by atoms with Crippen LogP contribution in [0.5, 0.6) is 0 Å². The van der Waals surface area contributed by atoms with Crippen LogP contribution in [0.25, 0.3) is 0 Å². The van der Waals surface area contributed by atoms with Gasteiger partial charge in [-0.25, -0.2) is 4.99 Å². The first-order valence-corrected chi connectivity index (χ1v) is 7.19. The summed E-state index contributed by atoms with van der Waals surface area (Å²) in [5.74, 6) is 0.708. The SMILES string of the molecule is CC(C)(C)C(=O)C=C1N2C=NC[N+]12c1ccc(C(F)(F)F)cc1. The zero-order valence-corrected chi connectivity index (χ0v) is 13.1. The second kappa shape index (κ2) is 4.67. The van der Waals surface area contributed by atoms with E-state index in [1.165, 1.54) is 12.1 Å². The van der Waals surface area contributed by atoms with Crippen molar-refractivity contribution >= 4 is 17.8 Å². The molecule has 1 aromatic rings. The fourth-order valence-electron chi connectivity index (χ4n) is 2.54. The van der Waals surface area contributed by atoms with Crippen molar-refractivity contribution in [2.75, 3.05) is 6.67 Å². The molecule has 0 N–H and O–H groups in total. The standard InChI is InChI=1S/C16H17F3N3O/c1-15(2,3)13(23)8-14-21-9-20-10-22(14,21)12-6-4-11(5-7-12)16(17,18)19/h4-9H,10H2,1-3H3/q+1. The Morgan fingerprint density at radius 1 is 1.22 bits per heavy atom. The van der Waals surface area contributed by atoms with Crippen molar-refractivity contribution in [3.05, 3.63) is 41.7 Å². The summed E-state index contributed by atoms with van der Waals surface area (Å²) in [6.07, 6.45) is -1.19. The molecule has 0 aromatic heterocycles. The molecule has 1 atom stereocenters. The number of nitrogens with zero attached hydrogens (tertiary/aromatic N) is 3. The zero-order valence-electron chi connectivity index (χ0n) is 13.1. The molecule has 0 saturated carbocycles. The molecule has 2 heterocycles. The number of benzene rings is 1. The van der Waals surface area contributed by atoms with Crippen molar-refractivity contribution in [1.82, 2.24) is 9.60 Å². The molecule has 0 aliphatic carbocycles. The van der Waals surface area contributed by atoms with E-state index in [9.17, 15) is 18.0 Å². The lowest BCUT2D eigenvalue weighted by Gasteiger charge is -2.13. The van der Waals surface area contributed by atoms with Gasteiger partial charge in [-0.3, -0.25) is 4.79 Å². The molecule has 3 rings (SSSR count). The number of carbonyl (C=O) groups is 1. The minimum atomic E-state index is -4.36. The van der Waals surface area contributed by atoms with E-state index in [4.69, 9.17) is 0 Å². The molecule has 2 aliphatic rings. The molecular weight excluding hydrogens is 307 g/mol. The van der Waals surface area contributed by atoms with Crippen LogP contribution >= 0.6 is 0 Å². The van der Waals surface area contributed by atoms with E-state index in [-0.39, 0.29) is 10.4 Å². The Morgan fingerprint density at radius 3 is 2.35 bits per heavy atom. The van der Waals surface area contributed by atoms with E-state index in [1.54, 1.807) is 17.4 Å².